The van der Waals surface area contributed by atoms with Gasteiger partial charge in [-0.15, -0.1) is 0 Å². The summed E-state index contributed by atoms with van der Waals surface area (Å²) in [6.45, 7) is 1.88. The molecule has 1 atom stereocenters. The Morgan fingerprint density at radius 2 is 1.75 bits per heavy atom. The molecule has 1 N–H and O–H groups in total. The molecular formula is C15H12Br2FNO. The fraction of sp³-hybridized carbons (Fsp3) is 0.133. The molecule has 0 aliphatic carbocycles. The van der Waals surface area contributed by atoms with E-state index in [-0.39, 0.29) is 11.9 Å². The van der Waals surface area contributed by atoms with E-state index in [1.807, 2.05) is 31.2 Å². The van der Waals surface area contributed by atoms with Gasteiger partial charge in [-0.25, -0.2) is 4.39 Å². The summed E-state index contributed by atoms with van der Waals surface area (Å²) >= 11 is 6.54. The number of hydrogen-bond acceptors (Lipinski definition) is 1. The van der Waals surface area contributed by atoms with Crippen LogP contribution in [0.3, 0.4) is 0 Å². The average molecular weight is 401 g/mol. The van der Waals surface area contributed by atoms with Gasteiger partial charge < -0.3 is 5.32 Å². The molecule has 0 fully saturated rings. The third kappa shape index (κ3) is 3.90. The van der Waals surface area contributed by atoms with Crippen LogP contribution in [0.5, 0.6) is 0 Å². The standard InChI is InChI=1S/C15H12Br2FNO/c1-9(10-2-4-12(16)5-3-10)19-15(20)11-6-13(17)8-14(18)7-11/h2-9H,1H3,(H,19,20). The lowest BCUT2D eigenvalue weighted by atomic mass is 10.1. The lowest BCUT2D eigenvalue weighted by Gasteiger charge is -2.14. The Morgan fingerprint density at radius 1 is 1.10 bits per heavy atom. The Kier molecular flexibility index (Phi) is 4.94. The molecule has 0 heterocycles. The van der Waals surface area contributed by atoms with Crippen LogP contribution in [0, 0.1) is 5.82 Å². The molecule has 5 heteroatoms. The van der Waals surface area contributed by atoms with Gasteiger partial charge in [0.1, 0.15) is 5.82 Å². The van der Waals surface area contributed by atoms with Crippen molar-refractivity contribution >= 4 is 37.8 Å². The molecule has 0 aliphatic heterocycles. The lowest BCUT2D eigenvalue weighted by molar-refractivity contribution is 0.0939. The number of rotatable bonds is 3. The molecule has 0 saturated carbocycles. The van der Waals surface area contributed by atoms with E-state index in [1.165, 1.54) is 12.1 Å². The summed E-state index contributed by atoms with van der Waals surface area (Å²) in [4.78, 5) is 12.1. The monoisotopic (exact) mass is 399 g/mol. The number of benzene rings is 2. The molecule has 0 bridgehead atoms. The topological polar surface area (TPSA) is 29.1 Å². The van der Waals surface area contributed by atoms with E-state index in [9.17, 15) is 9.18 Å². The second kappa shape index (κ2) is 6.50. The number of halogens is 3. The highest BCUT2D eigenvalue weighted by Gasteiger charge is 2.12. The first-order valence-corrected chi connectivity index (χ1v) is 7.57. The first-order chi connectivity index (χ1) is 9.45. The Balaban J connectivity index is 2.12. The van der Waals surface area contributed by atoms with E-state index >= 15 is 0 Å². The summed E-state index contributed by atoms with van der Waals surface area (Å²) in [6, 6.07) is 11.6. The minimum atomic E-state index is -0.444. The van der Waals surface area contributed by atoms with Crippen LogP contribution in [0.4, 0.5) is 4.39 Å². The first kappa shape index (κ1) is 15.2. The predicted molar refractivity (Wildman–Crippen MR) is 84.1 cm³/mol. The number of nitrogens with one attached hydrogen (secondary N) is 1. The van der Waals surface area contributed by atoms with Crippen molar-refractivity contribution in [2.45, 2.75) is 13.0 Å². The van der Waals surface area contributed by atoms with Crippen molar-refractivity contribution in [3.05, 3.63) is 68.4 Å². The SMILES string of the molecule is CC(NC(=O)c1cc(F)cc(Br)c1)c1ccc(Br)cc1. The average Bonchev–Trinajstić information content (AvgIpc) is 2.38. The molecule has 0 aromatic heterocycles. The summed E-state index contributed by atoms with van der Waals surface area (Å²) in [5.41, 5.74) is 1.28. The highest BCUT2D eigenvalue weighted by Crippen LogP contribution is 2.18. The van der Waals surface area contributed by atoms with Gasteiger partial charge in [0.2, 0.25) is 0 Å². The van der Waals surface area contributed by atoms with Crippen LogP contribution in [-0.4, -0.2) is 5.91 Å². The molecule has 0 saturated heterocycles. The Labute approximate surface area is 133 Å². The fourth-order valence-electron chi connectivity index (χ4n) is 1.80. The van der Waals surface area contributed by atoms with E-state index in [1.54, 1.807) is 6.07 Å². The van der Waals surface area contributed by atoms with Crippen molar-refractivity contribution < 1.29 is 9.18 Å². The van der Waals surface area contributed by atoms with Crippen LogP contribution >= 0.6 is 31.9 Å². The van der Waals surface area contributed by atoms with Gasteiger partial charge in [0, 0.05) is 14.5 Å². The largest absolute Gasteiger partial charge is 0.346 e. The van der Waals surface area contributed by atoms with Gasteiger partial charge in [-0.2, -0.15) is 0 Å². The highest BCUT2D eigenvalue weighted by molar-refractivity contribution is 9.10. The van der Waals surface area contributed by atoms with Gasteiger partial charge in [0.25, 0.3) is 5.91 Å². The smallest absolute Gasteiger partial charge is 0.251 e. The van der Waals surface area contributed by atoms with Crippen molar-refractivity contribution in [3.8, 4) is 0 Å². The van der Waals surface area contributed by atoms with Crippen LogP contribution in [0.2, 0.25) is 0 Å². The fourth-order valence-corrected chi connectivity index (χ4v) is 2.53. The maximum absolute atomic E-state index is 13.3. The summed E-state index contributed by atoms with van der Waals surface area (Å²) in [7, 11) is 0. The van der Waals surface area contributed by atoms with Crippen LogP contribution in [0.1, 0.15) is 28.9 Å². The van der Waals surface area contributed by atoms with Crippen LogP contribution in [-0.2, 0) is 0 Å². The second-order valence-corrected chi connectivity index (χ2v) is 6.24. The van der Waals surface area contributed by atoms with Gasteiger partial charge in [0.15, 0.2) is 0 Å². The van der Waals surface area contributed by atoms with Gasteiger partial charge >= 0.3 is 0 Å². The quantitative estimate of drug-likeness (QED) is 0.784. The normalized spacial score (nSPS) is 12.0. The van der Waals surface area contributed by atoms with Gasteiger partial charge in [-0.05, 0) is 42.8 Å². The molecule has 0 aliphatic rings. The van der Waals surface area contributed by atoms with Crippen molar-refractivity contribution in [2.24, 2.45) is 0 Å². The van der Waals surface area contributed by atoms with Crippen molar-refractivity contribution in [1.29, 1.82) is 0 Å². The van der Waals surface area contributed by atoms with Crippen molar-refractivity contribution in [3.63, 3.8) is 0 Å². The zero-order valence-corrected chi connectivity index (χ0v) is 13.8. The Morgan fingerprint density at radius 3 is 2.35 bits per heavy atom. The molecule has 20 heavy (non-hydrogen) atoms. The summed E-state index contributed by atoms with van der Waals surface area (Å²) in [6.07, 6.45) is 0. The van der Waals surface area contributed by atoms with Crippen molar-refractivity contribution in [1.82, 2.24) is 5.32 Å². The molecule has 2 aromatic carbocycles. The minimum Gasteiger partial charge on any atom is -0.346 e. The van der Waals surface area contributed by atoms with Crippen LogP contribution in [0.15, 0.2) is 51.4 Å². The van der Waals surface area contributed by atoms with Crippen LogP contribution < -0.4 is 5.32 Å². The van der Waals surface area contributed by atoms with E-state index in [0.29, 0.717) is 10.0 Å². The third-order valence-corrected chi connectivity index (χ3v) is 3.83. The predicted octanol–water partition coefficient (Wildman–Crippen LogP) is 4.84. The number of carbonyl (C=O) groups is 1. The molecule has 2 aromatic rings. The van der Waals surface area contributed by atoms with Gasteiger partial charge in [-0.3, -0.25) is 4.79 Å². The Bertz CT molecular complexity index is 608. The van der Waals surface area contributed by atoms with Crippen LogP contribution in [0.25, 0.3) is 0 Å². The molecule has 0 spiro atoms. The molecule has 104 valence electrons. The second-order valence-electron chi connectivity index (χ2n) is 4.40. The maximum atomic E-state index is 13.3. The van der Waals surface area contributed by atoms with E-state index in [2.05, 4.69) is 37.2 Å². The molecular weight excluding hydrogens is 389 g/mol. The van der Waals surface area contributed by atoms with Gasteiger partial charge in [0.05, 0.1) is 6.04 Å². The molecule has 2 rings (SSSR count). The van der Waals surface area contributed by atoms with E-state index < -0.39 is 5.82 Å². The zero-order valence-electron chi connectivity index (χ0n) is 10.7. The number of carbonyl (C=O) groups excluding carboxylic acids is 1. The lowest BCUT2D eigenvalue weighted by Crippen LogP contribution is -2.26. The first-order valence-electron chi connectivity index (χ1n) is 5.98. The summed E-state index contributed by atoms with van der Waals surface area (Å²) in [5, 5.41) is 2.84. The zero-order chi connectivity index (χ0) is 14.7. The molecule has 1 unspecified atom stereocenters. The van der Waals surface area contributed by atoms with E-state index in [0.717, 1.165) is 10.0 Å². The number of amides is 1. The summed E-state index contributed by atoms with van der Waals surface area (Å²) < 4.78 is 14.8. The summed E-state index contributed by atoms with van der Waals surface area (Å²) in [5.74, 6) is -0.749. The molecule has 1 amide bonds. The maximum Gasteiger partial charge on any atom is 0.251 e. The molecule has 2 nitrogen and oxygen atoms in total. The minimum absolute atomic E-state index is 0.155. The van der Waals surface area contributed by atoms with Gasteiger partial charge in [-0.1, -0.05) is 44.0 Å². The third-order valence-electron chi connectivity index (χ3n) is 2.84. The van der Waals surface area contributed by atoms with Crippen molar-refractivity contribution in [2.75, 3.05) is 0 Å². The highest BCUT2D eigenvalue weighted by atomic mass is 79.9. The molecule has 0 radical (unpaired) electrons. The Hall–Kier alpha value is -1.20. The number of hydrogen-bond donors (Lipinski definition) is 1. The van der Waals surface area contributed by atoms with E-state index in [4.69, 9.17) is 0 Å².